The van der Waals surface area contributed by atoms with Gasteiger partial charge in [-0.05, 0) is 69.8 Å². The molecule has 0 aliphatic heterocycles. The molecule has 0 aromatic heterocycles. The normalized spacial score (nSPS) is 7.78. The molecule has 0 atom stereocenters. The van der Waals surface area contributed by atoms with Gasteiger partial charge >= 0.3 is 51.2 Å². The minimum absolute atomic E-state index is 0. The maximum Gasteiger partial charge on any atom is 4.00 e. The third-order valence-corrected chi connectivity index (χ3v) is 3.28. The van der Waals surface area contributed by atoms with Crippen LogP contribution >= 0.6 is 0 Å². The van der Waals surface area contributed by atoms with Gasteiger partial charge in [0, 0.05) is 0 Å². The SMILES string of the molecule is O=C([O-])c1cc(C(=O)[O-])cc(C(=O)[O-])c1.O=C([O-])c1cc(C(=O)[O-])cc(C(=O)[O-])c1.[Fe+3].[Fe+4].[Fe+4].[O-2].[OH-].[OH-].[OH-]. The Morgan fingerprint density at radius 3 is 0.514 bits per heavy atom. The topological polar surface area (TPSA) is 359 Å². The number of carbonyl (C=O) groups excluding carboxylic acids is 6. The number of carbonyl (C=O) groups is 6. The van der Waals surface area contributed by atoms with E-state index < -0.39 is 69.2 Å². The number of hydrogen-bond acceptors (Lipinski definition) is 15. The van der Waals surface area contributed by atoms with Crippen LogP contribution in [-0.2, 0) is 56.7 Å². The van der Waals surface area contributed by atoms with E-state index in [1.165, 1.54) is 0 Å². The minimum Gasteiger partial charge on any atom is -2.00 e. The van der Waals surface area contributed by atoms with E-state index in [9.17, 15) is 59.4 Å². The van der Waals surface area contributed by atoms with Gasteiger partial charge in [-0.25, -0.2) is 0 Å². The summed E-state index contributed by atoms with van der Waals surface area (Å²) in [5.41, 5.74) is -3.36. The van der Waals surface area contributed by atoms with E-state index in [1.54, 1.807) is 0 Å². The quantitative estimate of drug-likeness (QED) is 0.262. The van der Waals surface area contributed by atoms with Crippen molar-refractivity contribution < 1.29 is 133 Å². The van der Waals surface area contributed by atoms with Gasteiger partial charge < -0.3 is 81.3 Å². The molecule has 0 amide bonds. The van der Waals surface area contributed by atoms with Gasteiger partial charge in [0.2, 0.25) is 0 Å². The van der Waals surface area contributed by atoms with Gasteiger partial charge in [0.1, 0.15) is 0 Å². The van der Waals surface area contributed by atoms with Crippen molar-refractivity contribution in [3.63, 3.8) is 0 Å². The van der Waals surface area contributed by atoms with Crippen LogP contribution in [0.15, 0.2) is 36.4 Å². The second-order valence-corrected chi connectivity index (χ2v) is 5.32. The molecule has 2 aromatic rings. The van der Waals surface area contributed by atoms with E-state index in [2.05, 4.69) is 0 Å². The Balaban J connectivity index is -0.0000000818. The van der Waals surface area contributed by atoms with Crippen molar-refractivity contribution in [1.82, 2.24) is 0 Å². The van der Waals surface area contributed by atoms with Crippen LogP contribution in [0, 0.1) is 0 Å². The first-order chi connectivity index (χ1) is 13.8. The average molecular weight is 649 g/mol. The summed E-state index contributed by atoms with van der Waals surface area (Å²) < 4.78 is 0. The van der Waals surface area contributed by atoms with E-state index in [4.69, 9.17) is 0 Å². The first-order valence-electron chi connectivity index (χ1n) is 7.41. The summed E-state index contributed by atoms with van der Waals surface area (Å²) in [5, 5.41) is 62.5. The molecule has 0 unspecified atom stereocenters. The van der Waals surface area contributed by atoms with Crippen molar-refractivity contribution in [3.05, 3.63) is 69.8 Å². The zero-order valence-electron chi connectivity index (χ0n) is 17.2. The monoisotopic (exact) mass is 649 g/mol. The van der Waals surface area contributed by atoms with Crippen LogP contribution in [0.25, 0.3) is 0 Å². The van der Waals surface area contributed by atoms with Crippen LogP contribution in [-0.4, -0.2) is 52.2 Å². The van der Waals surface area contributed by atoms with Gasteiger partial charge in [-0.2, -0.15) is 0 Å². The largest absolute Gasteiger partial charge is 4.00 e. The molecule has 201 valence electrons. The predicted octanol–water partition coefficient (Wildman–Crippen LogP) is -7.10. The molecule has 0 saturated heterocycles. The maximum atomic E-state index is 10.4. The average Bonchev–Trinajstić information content (AvgIpc) is 2.67. The fraction of sp³-hybridized carbons (Fsp3) is 0. The van der Waals surface area contributed by atoms with Crippen molar-refractivity contribution >= 4 is 35.8 Å². The molecular formula is C18H9Fe3O16. The van der Waals surface area contributed by atoms with Gasteiger partial charge in [-0.1, -0.05) is 0 Å². The standard InChI is InChI=1S/2C9H6O6.3Fe.3H2O.O/c2*10-7(11)4-1-5(8(12)13)3-6(2-4)9(14)15;;;;;;;/h2*1-3H,(H,10,11)(H,12,13)(H,14,15);;;;3*1H2;/q;;+3;2*+4;;;;-2/p-9. The smallest absolute Gasteiger partial charge is 2.00 e. The molecule has 1 radical (unpaired) electrons. The minimum atomic E-state index is -1.68. The summed E-state index contributed by atoms with van der Waals surface area (Å²) in [7, 11) is 0. The summed E-state index contributed by atoms with van der Waals surface area (Å²) in [6.45, 7) is 0. The van der Waals surface area contributed by atoms with Crippen LogP contribution in [0.5, 0.6) is 0 Å². The maximum absolute atomic E-state index is 10.4. The molecule has 0 spiro atoms. The molecule has 0 bridgehead atoms. The molecular weight excluding hydrogens is 640 g/mol. The van der Waals surface area contributed by atoms with Crippen LogP contribution in [0.4, 0.5) is 0 Å². The molecule has 37 heavy (non-hydrogen) atoms. The molecule has 2 rings (SSSR count). The molecule has 0 saturated carbocycles. The van der Waals surface area contributed by atoms with Gasteiger partial charge in [0.05, 0.1) is 35.8 Å². The number of carboxylic acid groups (broad SMARTS) is 6. The van der Waals surface area contributed by atoms with Crippen molar-refractivity contribution in [2.45, 2.75) is 0 Å². The van der Waals surface area contributed by atoms with Crippen LogP contribution < -0.4 is 30.6 Å². The molecule has 0 aliphatic carbocycles. The third-order valence-electron chi connectivity index (χ3n) is 3.28. The van der Waals surface area contributed by atoms with Gasteiger partial charge in [0.25, 0.3) is 0 Å². The number of carboxylic acids is 6. The van der Waals surface area contributed by atoms with Crippen molar-refractivity contribution in [1.29, 1.82) is 0 Å². The summed E-state index contributed by atoms with van der Waals surface area (Å²) >= 11 is 0. The predicted molar refractivity (Wildman–Crippen MR) is 85.4 cm³/mol. The Labute approximate surface area is 237 Å². The van der Waals surface area contributed by atoms with Gasteiger partial charge in [-0.3, -0.25) is 0 Å². The fourth-order valence-electron chi connectivity index (χ4n) is 1.96. The zero-order valence-corrected chi connectivity index (χ0v) is 20.5. The van der Waals surface area contributed by atoms with E-state index >= 15 is 0 Å². The second-order valence-electron chi connectivity index (χ2n) is 5.32. The van der Waals surface area contributed by atoms with E-state index in [0.717, 1.165) is 36.4 Å². The van der Waals surface area contributed by atoms with Crippen molar-refractivity contribution in [2.24, 2.45) is 0 Å². The Bertz CT molecular complexity index is 843. The summed E-state index contributed by atoms with van der Waals surface area (Å²) in [6.07, 6.45) is 0. The molecule has 16 nitrogen and oxygen atoms in total. The first kappa shape index (κ1) is 50.5. The van der Waals surface area contributed by atoms with Crippen molar-refractivity contribution in [2.75, 3.05) is 0 Å². The van der Waals surface area contributed by atoms with Gasteiger partial charge in [0.15, 0.2) is 0 Å². The number of benzene rings is 2. The molecule has 0 fully saturated rings. The van der Waals surface area contributed by atoms with Crippen molar-refractivity contribution in [3.8, 4) is 0 Å². The van der Waals surface area contributed by atoms with Crippen LogP contribution in [0.3, 0.4) is 0 Å². The molecule has 0 heterocycles. The van der Waals surface area contributed by atoms with E-state index in [-0.39, 0.29) is 73.1 Å². The Morgan fingerprint density at radius 1 is 0.378 bits per heavy atom. The summed E-state index contributed by atoms with van der Waals surface area (Å²) in [4.78, 5) is 62.5. The number of aromatic carboxylic acids is 6. The van der Waals surface area contributed by atoms with E-state index in [0.29, 0.717) is 0 Å². The van der Waals surface area contributed by atoms with Crippen LogP contribution in [0.2, 0.25) is 0 Å². The van der Waals surface area contributed by atoms with E-state index in [1.807, 2.05) is 0 Å². The summed E-state index contributed by atoms with van der Waals surface area (Å²) in [5.74, 6) is -10.1. The first-order valence-corrected chi connectivity index (χ1v) is 7.41. The summed E-state index contributed by atoms with van der Waals surface area (Å²) in [6, 6.07) is 4.48. The number of hydrogen-bond donors (Lipinski definition) is 0. The molecule has 2 aromatic carbocycles. The Morgan fingerprint density at radius 2 is 0.459 bits per heavy atom. The van der Waals surface area contributed by atoms with Gasteiger partial charge in [-0.15, -0.1) is 0 Å². The Hall–Kier alpha value is -3.34. The molecule has 3 N–H and O–H groups in total. The zero-order chi connectivity index (χ0) is 23.2. The second kappa shape index (κ2) is 21.9. The fourth-order valence-corrected chi connectivity index (χ4v) is 1.96. The molecule has 0 aliphatic rings. The number of rotatable bonds is 6. The van der Waals surface area contributed by atoms with Crippen LogP contribution in [0.1, 0.15) is 62.1 Å². The Kier molecular flexibility index (Phi) is 29.9. The third kappa shape index (κ3) is 15.4. The molecule has 19 heteroatoms.